The molecule has 3 N–H and O–H groups in total. The first-order valence-corrected chi connectivity index (χ1v) is 5.67. The molecule has 4 nitrogen and oxygen atoms in total. The number of aromatic carboxylic acids is 1. The van der Waals surface area contributed by atoms with E-state index >= 15 is 0 Å². The predicted octanol–water partition coefficient (Wildman–Crippen LogP) is 2.82. The molecule has 2 rings (SSSR count). The van der Waals surface area contributed by atoms with E-state index in [0.717, 1.165) is 12.1 Å². The van der Waals surface area contributed by atoms with Crippen LogP contribution in [0.1, 0.15) is 15.9 Å². The number of carboxylic acids is 1. The van der Waals surface area contributed by atoms with Gasteiger partial charge in [0.15, 0.2) is 11.6 Å². The second-order valence-electron chi connectivity index (χ2n) is 4.09. The maximum Gasteiger partial charge on any atom is 0.335 e. The summed E-state index contributed by atoms with van der Waals surface area (Å²) in [5, 5.41) is 8.74. The van der Waals surface area contributed by atoms with Crippen molar-refractivity contribution in [3.63, 3.8) is 0 Å². The Morgan fingerprint density at radius 2 is 1.80 bits per heavy atom. The third-order valence-electron chi connectivity index (χ3n) is 2.65. The maximum absolute atomic E-state index is 13.5. The van der Waals surface area contributed by atoms with Crippen LogP contribution in [0, 0.1) is 11.6 Å². The van der Waals surface area contributed by atoms with Gasteiger partial charge in [-0.2, -0.15) is 0 Å². The Hall–Kier alpha value is -2.63. The van der Waals surface area contributed by atoms with Gasteiger partial charge in [-0.1, -0.05) is 12.1 Å². The van der Waals surface area contributed by atoms with Crippen LogP contribution in [-0.4, -0.2) is 11.1 Å². The van der Waals surface area contributed by atoms with Gasteiger partial charge in [-0.3, -0.25) is 0 Å². The lowest BCUT2D eigenvalue weighted by Gasteiger charge is -2.08. The van der Waals surface area contributed by atoms with Crippen molar-refractivity contribution in [3.05, 3.63) is 59.2 Å². The number of halogens is 2. The van der Waals surface area contributed by atoms with E-state index in [1.807, 2.05) is 0 Å². The highest BCUT2D eigenvalue weighted by atomic mass is 19.1. The van der Waals surface area contributed by atoms with Crippen LogP contribution >= 0.6 is 0 Å². The van der Waals surface area contributed by atoms with E-state index in [9.17, 15) is 13.6 Å². The van der Waals surface area contributed by atoms with Crippen molar-refractivity contribution in [1.82, 2.24) is 0 Å². The van der Waals surface area contributed by atoms with Gasteiger partial charge in [0.1, 0.15) is 12.4 Å². The van der Waals surface area contributed by atoms with Crippen LogP contribution in [0.4, 0.5) is 14.5 Å². The standard InChI is InChI=1S/C14H11F2NO3/c15-10-6-13(11(16)5-12(10)17)20-7-8-1-3-9(4-2-8)14(18)19/h1-6H,7,17H2,(H,18,19). The van der Waals surface area contributed by atoms with Gasteiger partial charge >= 0.3 is 5.97 Å². The van der Waals surface area contributed by atoms with Crippen LogP contribution < -0.4 is 10.5 Å². The summed E-state index contributed by atoms with van der Waals surface area (Å²) in [4.78, 5) is 10.7. The van der Waals surface area contributed by atoms with Gasteiger partial charge in [-0.25, -0.2) is 13.6 Å². The van der Waals surface area contributed by atoms with E-state index in [4.69, 9.17) is 15.6 Å². The molecule has 0 aromatic heterocycles. The largest absolute Gasteiger partial charge is 0.486 e. The Labute approximate surface area is 113 Å². The summed E-state index contributed by atoms with van der Waals surface area (Å²) in [6, 6.07) is 7.60. The molecule has 0 amide bonds. The minimum atomic E-state index is -1.04. The Bertz CT molecular complexity index is 642. The molecule has 2 aromatic rings. The highest BCUT2D eigenvalue weighted by molar-refractivity contribution is 5.87. The first-order valence-electron chi connectivity index (χ1n) is 5.67. The molecule has 0 spiro atoms. The number of carbonyl (C=O) groups is 1. The van der Waals surface area contributed by atoms with Crippen molar-refractivity contribution in [1.29, 1.82) is 0 Å². The molecule has 0 fully saturated rings. The minimum Gasteiger partial charge on any atom is -0.486 e. The zero-order valence-electron chi connectivity index (χ0n) is 10.3. The zero-order chi connectivity index (χ0) is 14.7. The zero-order valence-corrected chi connectivity index (χ0v) is 10.3. The van der Waals surface area contributed by atoms with Crippen LogP contribution in [0.15, 0.2) is 36.4 Å². The number of nitrogen functional groups attached to an aromatic ring is 1. The average molecular weight is 279 g/mol. The van der Waals surface area contributed by atoms with Gasteiger partial charge in [0.25, 0.3) is 0 Å². The third-order valence-corrected chi connectivity index (χ3v) is 2.65. The second kappa shape index (κ2) is 5.56. The summed E-state index contributed by atoms with van der Waals surface area (Å²) in [6.07, 6.45) is 0. The summed E-state index contributed by atoms with van der Waals surface area (Å²) >= 11 is 0. The highest BCUT2D eigenvalue weighted by Gasteiger charge is 2.09. The fourth-order valence-corrected chi connectivity index (χ4v) is 1.56. The van der Waals surface area contributed by atoms with Crippen molar-refractivity contribution in [2.75, 3.05) is 5.73 Å². The minimum absolute atomic E-state index is 0.0137. The number of hydrogen-bond donors (Lipinski definition) is 2. The Kier molecular flexibility index (Phi) is 3.84. The van der Waals surface area contributed by atoms with E-state index in [1.54, 1.807) is 0 Å². The second-order valence-corrected chi connectivity index (χ2v) is 4.09. The van der Waals surface area contributed by atoms with Crippen molar-refractivity contribution in [3.8, 4) is 5.75 Å². The molecule has 0 aliphatic carbocycles. The quantitative estimate of drug-likeness (QED) is 0.844. The summed E-state index contributed by atoms with van der Waals surface area (Å²) in [6.45, 7) is -0.0137. The van der Waals surface area contributed by atoms with Crippen LogP contribution in [-0.2, 0) is 6.61 Å². The lowest BCUT2D eigenvalue weighted by atomic mass is 10.1. The maximum atomic E-state index is 13.5. The number of rotatable bonds is 4. The lowest BCUT2D eigenvalue weighted by molar-refractivity contribution is 0.0697. The smallest absolute Gasteiger partial charge is 0.335 e. The average Bonchev–Trinajstić information content (AvgIpc) is 2.42. The van der Waals surface area contributed by atoms with Gasteiger partial charge in [-0.15, -0.1) is 0 Å². The van der Waals surface area contributed by atoms with Crippen molar-refractivity contribution in [2.24, 2.45) is 0 Å². The molecule has 2 aromatic carbocycles. The number of anilines is 1. The van der Waals surface area contributed by atoms with E-state index in [1.165, 1.54) is 24.3 Å². The normalized spacial score (nSPS) is 10.3. The van der Waals surface area contributed by atoms with Crippen LogP contribution in [0.25, 0.3) is 0 Å². The number of nitrogens with two attached hydrogens (primary N) is 1. The number of benzene rings is 2. The van der Waals surface area contributed by atoms with Crippen molar-refractivity contribution < 1.29 is 23.4 Å². The van der Waals surface area contributed by atoms with E-state index in [-0.39, 0.29) is 23.6 Å². The molecule has 0 unspecified atom stereocenters. The van der Waals surface area contributed by atoms with Crippen LogP contribution in [0.3, 0.4) is 0 Å². The highest BCUT2D eigenvalue weighted by Crippen LogP contribution is 2.23. The van der Waals surface area contributed by atoms with Crippen molar-refractivity contribution in [2.45, 2.75) is 6.61 Å². The van der Waals surface area contributed by atoms with Gasteiger partial charge in [0.05, 0.1) is 11.3 Å². The molecule has 20 heavy (non-hydrogen) atoms. The first kappa shape index (κ1) is 13.8. The van der Waals surface area contributed by atoms with Gasteiger partial charge in [0, 0.05) is 12.1 Å². The Balaban J connectivity index is 2.09. The first-order chi connectivity index (χ1) is 9.47. The van der Waals surface area contributed by atoms with Gasteiger partial charge in [0.2, 0.25) is 0 Å². The van der Waals surface area contributed by atoms with Crippen molar-refractivity contribution >= 4 is 11.7 Å². The third kappa shape index (κ3) is 3.03. The summed E-state index contributed by atoms with van der Waals surface area (Å²) in [5.41, 5.74) is 5.69. The lowest BCUT2D eigenvalue weighted by Crippen LogP contribution is -2.01. The molecule has 0 saturated heterocycles. The summed E-state index contributed by atoms with van der Waals surface area (Å²) in [7, 11) is 0. The molecular formula is C14H11F2NO3. The molecule has 0 radical (unpaired) electrons. The summed E-state index contributed by atoms with van der Waals surface area (Å²) in [5.74, 6) is -2.81. The fraction of sp³-hybridized carbons (Fsp3) is 0.0714. The van der Waals surface area contributed by atoms with E-state index < -0.39 is 17.6 Å². The fourth-order valence-electron chi connectivity index (χ4n) is 1.56. The molecule has 0 atom stereocenters. The number of ether oxygens (including phenoxy) is 1. The topological polar surface area (TPSA) is 72.5 Å². The molecule has 0 aliphatic rings. The number of carboxylic acid groups (broad SMARTS) is 1. The van der Waals surface area contributed by atoms with Crippen LogP contribution in [0.5, 0.6) is 5.75 Å². The summed E-state index contributed by atoms with van der Waals surface area (Å²) < 4.78 is 31.8. The molecule has 0 bridgehead atoms. The molecule has 104 valence electrons. The molecule has 0 heterocycles. The Morgan fingerprint density at radius 3 is 2.40 bits per heavy atom. The predicted molar refractivity (Wildman–Crippen MR) is 68.5 cm³/mol. The van der Waals surface area contributed by atoms with E-state index in [2.05, 4.69) is 0 Å². The molecular weight excluding hydrogens is 268 g/mol. The van der Waals surface area contributed by atoms with E-state index in [0.29, 0.717) is 5.56 Å². The van der Waals surface area contributed by atoms with Crippen LogP contribution in [0.2, 0.25) is 0 Å². The Morgan fingerprint density at radius 1 is 1.15 bits per heavy atom. The SMILES string of the molecule is Nc1cc(F)c(OCc2ccc(C(=O)O)cc2)cc1F. The molecule has 0 saturated carbocycles. The molecule has 0 aliphatic heterocycles. The van der Waals surface area contributed by atoms with Gasteiger partial charge in [-0.05, 0) is 17.7 Å². The number of hydrogen-bond acceptors (Lipinski definition) is 3. The monoisotopic (exact) mass is 279 g/mol. The molecule has 6 heteroatoms. The van der Waals surface area contributed by atoms with Gasteiger partial charge < -0.3 is 15.6 Å².